The van der Waals surface area contributed by atoms with E-state index >= 15 is 0 Å². The van der Waals surface area contributed by atoms with Crippen LogP contribution in [-0.2, 0) is 14.3 Å². The fourth-order valence-corrected chi connectivity index (χ4v) is 7.73. The van der Waals surface area contributed by atoms with Gasteiger partial charge in [-0.1, -0.05) is 233 Å². The molecule has 0 aliphatic heterocycles. The van der Waals surface area contributed by atoms with Crippen LogP contribution in [0.15, 0.2) is 0 Å². The predicted molar refractivity (Wildman–Crippen MR) is 232 cm³/mol. The van der Waals surface area contributed by atoms with Crippen LogP contribution < -0.4 is 5.32 Å². The maximum absolute atomic E-state index is 13.1. The summed E-state index contributed by atoms with van der Waals surface area (Å²) in [6.45, 7) is 6.48. The van der Waals surface area contributed by atoms with Crippen LogP contribution in [0.1, 0.15) is 271 Å². The Morgan fingerprint density at radius 2 is 0.778 bits per heavy atom. The molecule has 0 aromatic heterocycles. The van der Waals surface area contributed by atoms with Crippen molar-refractivity contribution in [2.24, 2.45) is 0 Å². The van der Waals surface area contributed by atoms with Crippen molar-refractivity contribution in [2.75, 3.05) is 6.61 Å². The van der Waals surface area contributed by atoms with Gasteiger partial charge in [0.1, 0.15) is 6.10 Å². The van der Waals surface area contributed by atoms with Crippen molar-refractivity contribution in [3.63, 3.8) is 0 Å². The smallest absolute Gasteiger partial charge is 0.306 e. The van der Waals surface area contributed by atoms with Gasteiger partial charge in [0.05, 0.1) is 25.2 Å². The van der Waals surface area contributed by atoms with Gasteiger partial charge in [0, 0.05) is 6.42 Å². The van der Waals surface area contributed by atoms with Crippen LogP contribution in [0.4, 0.5) is 0 Å². The van der Waals surface area contributed by atoms with E-state index in [1.807, 2.05) is 0 Å². The molecule has 322 valence electrons. The molecular weight excluding hydrogens is 671 g/mol. The van der Waals surface area contributed by atoms with Gasteiger partial charge in [-0.3, -0.25) is 9.59 Å². The van der Waals surface area contributed by atoms with Crippen molar-refractivity contribution in [1.29, 1.82) is 0 Å². The van der Waals surface area contributed by atoms with E-state index in [0.717, 1.165) is 44.9 Å². The fraction of sp³-hybridized carbons (Fsp3) is 0.958. The van der Waals surface area contributed by atoms with Crippen LogP contribution in [0.2, 0.25) is 0 Å². The minimum Gasteiger partial charge on any atom is -0.462 e. The Morgan fingerprint density at radius 1 is 0.463 bits per heavy atom. The number of hydrogen-bond donors (Lipinski definition) is 3. The second-order valence-corrected chi connectivity index (χ2v) is 16.9. The molecule has 6 heteroatoms. The van der Waals surface area contributed by atoms with Crippen molar-refractivity contribution in [1.82, 2.24) is 5.32 Å². The minimum atomic E-state index is -0.777. The van der Waals surface area contributed by atoms with Crippen molar-refractivity contribution in [2.45, 2.75) is 289 Å². The van der Waals surface area contributed by atoms with E-state index in [1.54, 1.807) is 0 Å². The lowest BCUT2D eigenvalue weighted by molar-refractivity contribution is -0.151. The minimum absolute atomic E-state index is 0.0871. The van der Waals surface area contributed by atoms with Gasteiger partial charge in [-0.05, 0) is 25.7 Å². The van der Waals surface area contributed by atoms with Gasteiger partial charge in [-0.15, -0.1) is 0 Å². The molecule has 0 heterocycles. The van der Waals surface area contributed by atoms with E-state index in [9.17, 15) is 19.8 Å². The molecule has 3 atom stereocenters. The summed E-state index contributed by atoms with van der Waals surface area (Å²) >= 11 is 0. The zero-order valence-corrected chi connectivity index (χ0v) is 36.6. The number of carbonyl (C=O) groups is 2. The lowest BCUT2D eigenvalue weighted by atomic mass is 10.0. The molecule has 0 rings (SSSR count). The summed E-state index contributed by atoms with van der Waals surface area (Å²) in [6, 6.07) is -0.690. The van der Waals surface area contributed by atoms with E-state index in [-0.39, 0.29) is 24.9 Å². The summed E-state index contributed by atoms with van der Waals surface area (Å²) < 4.78 is 5.91. The summed E-state index contributed by atoms with van der Waals surface area (Å²) in [7, 11) is 0. The average molecular weight is 766 g/mol. The highest BCUT2D eigenvalue weighted by molar-refractivity contribution is 5.77. The van der Waals surface area contributed by atoms with Crippen LogP contribution in [0, 0.1) is 0 Å². The molecule has 0 saturated carbocycles. The van der Waals surface area contributed by atoms with Crippen molar-refractivity contribution >= 4 is 11.9 Å². The highest BCUT2D eigenvalue weighted by atomic mass is 16.5. The first-order valence-electron chi connectivity index (χ1n) is 24.3. The number of esters is 1. The molecule has 0 spiro atoms. The molecule has 0 fully saturated rings. The zero-order chi connectivity index (χ0) is 39.6. The number of rotatable bonds is 44. The van der Waals surface area contributed by atoms with Crippen LogP contribution in [0.25, 0.3) is 0 Å². The lowest BCUT2D eigenvalue weighted by Gasteiger charge is -2.24. The molecule has 0 aliphatic rings. The molecule has 3 unspecified atom stereocenters. The summed E-state index contributed by atoms with van der Waals surface area (Å²) in [5.74, 6) is -0.458. The maximum atomic E-state index is 13.1. The Hall–Kier alpha value is -1.14. The first-order valence-corrected chi connectivity index (χ1v) is 24.3. The van der Waals surface area contributed by atoms with Crippen LogP contribution in [-0.4, -0.2) is 46.9 Å². The number of amides is 1. The standard InChI is InChI=1S/C48H95NO5/c1-4-7-10-13-16-19-21-23-24-25-28-30-33-36-39-44(54-48(53)41-38-35-32-27-18-15-12-9-6-3)42-47(52)49-45(43-50)46(51)40-37-34-31-29-26-22-20-17-14-11-8-5-2/h44-46,50-51H,4-43H2,1-3H3,(H,49,52). The third-order valence-electron chi connectivity index (χ3n) is 11.4. The van der Waals surface area contributed by atoms with Crippen LogP contribution in [0.3, 0.4) is 0 Å². The topological polar surface area (TPSA) is 95.9 Å². The third kappa shape index (κ3) is 37.8. The van der Waals surface area contributed by atoms with Gasteiger partial charge in [-0.25, -0.2) is 0 Å². The summed E-state index contributed by atoms with van der Waals surface area (Å²) in [6.07, 6.45) is 44.4. The Kier molecular flexibility index (Phi) is 42.1. The first kappa shape index (κ1) is 52.9. The Balaban J connectivity index is 4.51. The SMILES string of the molecule is CCCCCCCCCCCCCCCCC(CC(=O)NC(CO)C(O)CCCCCCCCCCCCCC)OC(=O)CCCCCCCCCCC. The van der Waals surface area contributed by atoms with E-state index in [2.05, 4.69) is 26.1 Å². The summed E-state index contributed by atoms with van der Waals surface area (Å²) in [4.78, 5) is 26.0. The highest BCUT2D eigenvalue weighted by Crippen LogP contribution is 2.18. The summed E-state index contributed by atoms with van der Waals surface area (Å²) in [5, 5.41) is 23.7. The monoisotopic (exact) mass is 766 g/mol. The quantitative estimate of drug-likeness (QED) is 0.0424. The summed E-state index contributed by atoms with van der Waals surface area (Å²) in [5.41, 5.74) is 0. The van der Waals surface area contributed by atoms with Crippen molar-refractivity contribution in [3.8, 4) is 0 Å². The van der Waals surface area contributed by atoms with E-state index in [4.69, 9.17) is 4.74 Å². The van der Waals surface area contributed by atoms with Gasteiger partial charge in [0.2, 0.25) is 5.91 Å². The number of unbranched alkanes of at least 4 members (excludes halogenated alkanes) is 32. The molecule has 0 radical (unpaired) electrons. The molecule has 0 bridgehead atoms. The number of nitrogens with one attached hydrogen (secondary N) is 1. The molecule has 0 aromatic carbocycles. The van der Waals surface area contributed by atoms with E-state index in [1.165, 1.54) is 180 Å². The Bertz CT molecular complexity index is 776. The van der Waals surface area contributed by atoms with E-state index < -0.39 is 18.2 Å². The second kappa shape index (κ2) is 43.0. The van der Waals surface area contributed by atoms with Gasteiger partial charge in [-0.2, -0.15) is 0 Å². The Labute approximate surface area is 336 Å². The number of aliphatic hydroxyl groups is 2. The first-order chi connectivity index (χ1) is 26.5. The molecule has 0 aromatic rings. The van der Waals surface area contributed by atoms with Gasteiger partial charge >= 0.3 is 5.97 Å². The molecular formula is C48H95NO5. The third-order valence-corrected chi connectivity index (χ3v) is 11.4. The molecule has 0 saturated heterocycles. The molecule has 54 heavy (non-hydrogen) atoms. The molecule has 0 aliphatic carbocycles. The number of aliphatic hydroxyl groups excluding tert-OH is 2. The number of ether oxygens (including phenoxy) is 1. The number of carbonyl (C=O) groups excluding carboxylic acids is 2. The van der Waals surface area contributed by atoms with Crippen molar-refractivity contribution in [3.05, 3.63) is 0 Å². The highest BCUT2D eigenvalue weighted by Gasteiger charge is 2.24. The van der Waals surface area contributed by atoms with Crippen LogP contribution in [0.5, 0.6) is 0 Å². The van der Waals surface area contributed by atoms with Crippen molar-refractivity contribution < 1.29 is 24.5 Å². The normalized spacial score (nSPS) is 13.2. The van der Waals surface area contributed by atoms with Gasteiger partial charge < -0.3 is 20.3 Å². The lowest BCUT2D eigenvalue weighted by Crippen LogP contribution is -2.46. The Morgan fingerprint density at radius 3 is 1.13 bits per heavy atom. The zero-order valence-electron chi connectivity index (χ0n) is 36.6. The molecule has 1 amide bonds. The van der Waals surface area contributed by atoms with Crippen LogP contribution >= 0.6 is 0 Å². The molecule has 3 N–H and O–H groups in total. The van der Waals surface area contributed by atoms with Gasteiger partial charge in [0.25, 0.3) is 0 Å². The average Bonchev–Trinajstić information content (AvgIpc) is 3.16. The fourth-order valence-electron chi connectivity index (χ4n) is 7.73. The second-order valence-electron chi connectivity index (χ2n) is 16.9. The molecule has 6 nitrogen and oxygen atoms in total. The predicted octanol–water partition coefficient (Wildman–Crippen LogP) is 14.0. The number of hydrogen-bond acceptors (Lipinski definition) is 5. The van der Waals surface area contributed by atoms with E-state index in [0.29, 0.717) is 19.3 Å². The maximum Gasteiger partial charge on any atom is 0.306 e. The van der Waals surface area contributed by atoms with Gasteiger partial charge in [0.15, 0.2) is 0 Å². The largest absolute Gasteiger partial charge is 0.462 e.